The highest BCUT2D eigenvalue weighted by Crippen LogP contribution is 2.24. The van der Waals surface area contributed by atoms with Crippen molar-refractivity contribution in [2.24, 2.45) is 11.7 Å². The zero-order valence-corrected chi connectivity index (χ0v) is 10.2. The van der Waals surface area contributed by atoms with E-state index in [9.17, 15) is 0 Å². The molecule has 1 atom stereocenters. The highest BCUT2D eigenvalue weighted by molar-refractivity contribution is 6.30. The van der Waals surface area contributed by atoms with Crippen LogP contribution < -0.4 is 10.5 Å². The number of aryl methyl sites for hydroxylation is 1. The quantitative estimate of drug-likeness (QED) is 0.802. The molecule has 3 nitrogen and oxygen atoms in total. The second-order valence-electron chi connectivity index (χ2n) is 3.78. The number of aliphatic hydroxyl groups excluding tert-OH is 1. The number of ether oxygens (including phenoxy) is 1. The van der Waals surface area contributed by atoms with Crippen LogP contribution in [0.3, 0.4) is 0 Å². The Hall–Kier alpha value is -0.770. The highest BCUT2D eigenvalue weighted by Gasteiger charge is 2.08. The predicted molar refractivity (Wildman–Crippen MR) is 66.0 cm³/mol. The largest absolute Gasteiger partial charge is 0.496 e. The van der Waals surface area contributed by atoms with Gasteiger partial charge in [0.1, 0.15) is 5.75 Å². The summed E-state index contributed by atoms with van der Waals surface area (Å²) in [5.41, 5.74) is 6.59. The van der Waals surface area contributed by atoms with Crippen LogP contribution in [0.25, 0.3) is 0 Å². The fourth-order valence-corrected chi connectivity index (χ4v) is 1.78. The van der Waals surface area contributed by atoms with Crippen molar-refractivity contribution in [3.05, 3.63) is 28.8 Å². The summed E-state index contributed by atoms with van der Waals surface area (Å²) in [6, 6.07) is 5.55. The number of halogens is 1. The minimum Gasteiger partial charge on any atom is -0.496 e. The molecular formula is C12H18ClNO2. The van der Waals surface area contributed by atoms with Crippen molar-refractivity contribution in [3.8, 4) is 5.75 Å². The SMILES string of the molecule is COc1ccc(Cl)cc1CCC(CN)CO. The van der Waals surface area contributed by atoms with Gasteiger partial charge in [0.15, 0.2) is 0 Å². The lowest BCUT2D eigenvalue weighted by Crippen LogP contribution is -2.18. The van der Waals surface area contributed by atoms with Gasteiger partial charge < -0.3 is 15.6 Å². The smallest absolute Gasteiger partial charge is 0.122 e. The van der Waals surface area contributed by atoms with Gasteiger partial charge in [0.25, 0.3) is 0 Å². The Labute approximate surface area is 101 Å². The molecule has 1 aromatic rings. The number of methoxy groups -OCH3 is 1. The second-order valence-corrected chi connectivity index (χ2v) is 4.22. The zero-order valence-electron chi connectivity index (χ0n) is 9.45. The second kappa shape index (κ2) is 6.74. The van der Waals surface area contributed by atoms with Gasteiger partial charge in [-0.05, 0) is 49.1 Å². The average molecular weight is 244 g/mol. The first-order valence-corrected chi connectivity index (χ1v) is 5.72. The van der Waals surface area contributed by atoms with E-state index in [0.29, 0.717) is 11.6 Å². The molecule has 0 aliphatic heterocycles. The van der Waals surface area contributed by atoms with Gasteiger partial charge in [-0.2, -0.15) is 0 Å². The Morgan fingerprint density at radius 2 is 2.25 bits per heavy atom. The van der Waals surface area contributed by atoms with E-state index in [1.165, 1.54) is 0 Å². The van der Waals surface area contributed by atoms with Crippen LogP contribution in [0.1, 0.15) is 12.0 Å². The maximum absolute atomic E-state index is 9.05. The van der Waals surface area contributed by atoms with E-state index < -0.39 is 0 Å². The Bertz CT molecular complexity index is 327. The molecule has 4 heteroatoms. The molecule has 0 aromatic heterocycles. The van der Waals surface area contributed by atoms with E-state index in [4.69, 9.17) is 27.2 Å². The first kappa shape index (κ1) is 13.3. The normalized spacial score (nSPS) is 12.5. The fourth-order valence-electron chi connectivity index (χ4n) is 1.59. The summed E-state index contributed by atoms with van der Waals surface area (Å²) in [5.74, 6) is 0.974. The van der Waals surface area contributed by atoms with Crippen LogP contribution in [0.2, 0.25) is 5.02 Å². The number of benzene rings is 1. The summed E-state index contributed by atoms with van der Waals surface area (Å²) >= 11 is 5.93. The number of aliphatic hydroxyl groups is 1. The molecule has 0 spiro atoms. The third-order valence-corrected chi connectivity index (χ3v) is 2.89. The van der Waals surface area contributed by atoms with Crippen molar-refractivity contribution >= 4 is 11.6 Å². The van der Waals surface area contributed by atoms with Crippen LogP contribution in [-0.2, 0) is 6.42 Å². The van der Waals surface area contributed by atoms with Crippen LogP contribution in [0.5, 0.6) is 5.75 Å². The van der Waals surface area contributed by atoms with Crippen molar-refractivity contribution in [2.75, 3.05) is 20.3 Å². The lowest BCUT2D eigenvalue weighted by molar-refractivity contribution is 0.223. The molecular weight excluding hydrogens is 226 g/mol. The Kier molecular flexibility index (Phi) is 5.60. The molecule has 1 unspecified atom stereocenters. The molecule has 3 N–H and O–H groups in total. The molecule has 0 saturated heterocycles. The molecule has 16 heavy (non-hydrogen) atoms. The van der Waals surface area contributed by atoms with Gasteiger partial charge in [0.2, 0.25) is 0 Å². The first-order valence-electron chi connectivity index (χ1n) is 5.34. The standard InChI is InChI=1S/C12H18ClNO2/c1-16-12-5-4-11(13)6-10(12)3-2-9(7-14)8-15/h4-6,9,15H,2-3,7-8,14H2,1H3. The predicted octanol–water partition coefficient (Wildman–Crippen LogP) is 1.85. The van der Waals surface area contributed by atoms with Crippen LogP contribution in [-0.4, -0.2) is 25.4 Å². The lowest BCUT2D eigenvalue weighted by Gasteiger charge is -2.13. The van der Waals surface area contributed by atoms with Gasteiger partial charge in [-0.25, -0.2) is 0 Å². The lowest BCUT2D eigenvalue weighted by atomic mass is 10.00. The summed E-state index contributed by atoms with van der Waals surface area (Å²) in [5, 5.41) is 9.75. The van der Waals surface area contributed by atoms with Gasteiger partial charge in [0, 0.05) is 11.6 Å². The number of hydrogen-bond donors (Lipinski definition) is 2. The number of hydrogen-bond acceptors (Lipinski definition) is 3. The van der Waals surface area contributed by atoms with Crippen molar-refractivity contribution in [1.82, 2.24) is 0 Å². The van der Waals surface area contributed by atoms with Crippen LogP contribution >= 0.6 is 11.6 Å². The molecule has 1 rings (SSSR count). The van der Waals surface area contributed by atoms with Crippen LogP contribution in [0.15, 0.2) is 18.2 Å². The van der Waals surface area contributed by atoms with Crippen molar-refractivity contribution in [3.63, 3.8) is 0 Å². The van der Waals surface area contributed by atoms with E-state index in [2.05, 4.69) is 0 Å². The van der Waals surface area contributed by atoms with Crippen molar-refractivity contribution in [1.29, 1.82) is 0 Å². The monoisotopic (exact) mass is 243 g/mol. The van der Waals surface area contributed by atoms with Crippen molar-refractivity contribution in [2.45, 2.75) is 12.8 Å². The minimum atomic E-state index is 0.124. The summed E-state index contributed by atoms with van der Waals surface area (Å²) in [7, 11) is 1.64. The molecule has 0 bridgehead atoms. The topological polar surface area (TPSA) is 55.5 Å². The molecule has 0 saturated carbocycles. The van der Waals surface area contributed by atoms with E-state index in [1.54, 1.807) is 13.2 Å². The molecule has 0 aliphatic rings. The van der Waals surface area contributed by atoms with Gasteiger partial charge >= 0.3 is 0 Å². The number of rotatable bonds is 6. The fraction of sp³-hybridized carbons (Fsp3) is 0.500. The van der Waals surface area contributed by atoms with E-state index in [1.807, 2.05) is 12.1 Å². The average Bonchev–Trinajstić information content (AvgIpc) is 2.30. The molecule has 0 radical (unpaired) electrons. The maximum Gasteiger partial charge on any atom is 0.122 e. The molecule has 0 aliphatic carbocycles. The van der Waals surface area contributed by atoms with Crippen LogP contribution in [0.4, 0.5) is 0 Å². The Balaban J connectivity index is 2.68. The zero-order chi connectivity index (χ0) is 12.0. The summed E-state index contributed by atoms with van der Waals surface area (Å²) in [6.45, 7) is 0.624. The van der Waals surface area contributed by atoms with Gasteiger partial charge in [-0.3, -0.25) is 0 Å². The maximum atomic E-state index is 9.05. The molecule has 90 valence electrons. The van der Waals surface area contributed by atoms with Gasteiger partial charge in [-0.1, -0.05) is 11.6 Å². The molecule has 0 fully saturated rings. The van der Waals surface area contributed by atoms with Crippen LogP contribution in [0, 0.1) is 5.92 Å². The van der Waals surface area contributed by atoms with E-state index in [-0.39, 0.29) is 12.5 Å². The van der Waals surface area contributed by atoms with Crippen molar-refractivity contribution < 1.29 is 9.84 Å². The third kappa shape index (κ3) is 3.67. The third-order valence-electron chi connectivity index (χ3n) is 2.66. The van der Waals surface area contributed by atoms with E-state index in [0.717, 1.165) is 24.2 Å². The highest BCUT2D eigenvalue weighted by atomic mass is 35.5. The minimum absolute atomic E-state index is 0.124. The van der Waals surface area contributed by atoms with Gasteiger partial charge in [0.05, 0.1) is 7.11 Å². The first-order chi connectivity index (χ1) is 7.71. The summed E-state index contributed by atoms with van der Waals surface area (Å²) in [4.78, 5) is 0. The summed E-state index contributed by atoms with van der Waals surface area (Å²) < 4.78 is 5.25. The number of nitrogens with two attached hydrogens (primary N) is 1. The molecule has 1 aromatic carbocycles. The molecule has 0 amide bonds. The Morgan fingerprint density at radius 3 is 2.81 bits per heavy atom. The molecule has 0 heterocycles. The summed E-state index contributed by atoms with van der Waals surface area (Å²) in [6.07, 6.45) is 1.65. The Morgan fingerprint density at radius 1 is 1.50 bits per heavy atom. The van der Waals surface area contributed by atoms with Gasteiger partial charge in [-0.15, -0.1) is 0 Å². The van der Waals surface area contributed by atoms with E-state index >= 15 is 0 Å².